The highest BCUT2D eigenvalue weighted by Gasteiger charge is 2.19. The van der Waals surface area contributed by atoms with Crippen molar-refractivity contribution in [2.45, 2.75) is 84.5 Å². The van der Waals surface area contributed by atoms with Gasteiger partial charge in [0.25, 0.3) is 0 Å². The molecular formula is C24H41N5O. The van der Waals surface area contributed by atoms with Crippen molar-refractivity contribution in [3.05, 3.63) is 35.4 Å². The maximum Gasteiger partial charge on any atom is 0.239 e. The van der Waals surface area contributed by atoms with Gasteiger partial charge in [-0.1, -0.05) is 43.5 Å². The molecule has 0 spiro atoms. The molecule has 1 aliphatic carbocycles. The second-order valence-corrected chi connectivity index (χ2v) is 9.32. The Balaban J connectivity index is 1.98. The van der Waals surface area contributed by atoms with E-state index in [0.717, 1.165) is 13.1 Å². The van der Waals surface area contributed by atoms with E-state index >= 15 is 0 Å². The van der Waals surface area contributed by atoms with Crippen LogP contribution in [-0.2, 0) is 17.9 Å². The maximum atomic E-state index is 12.1. The summed E-state index contributed by atoms with van der Waals surface area (Å²) in [5.74, 6) is 0.625. The Kier molecular flexibility index (Phi) is 9.63. The van der Waals surface area contributed by atoms with Crippen molar-refractivity contribution in [2.75, 3.05) is 20.1 Å². The lowest BCUT2D eigenvalue weighted by Crippen LogP contribution is -2.48. The van der Waals surface area contributed by atoms with E-state index in [1.807, 2.05) is 27.7 Å². The van der Waals surface area contributed by atoms with Gasteiger partial charge in [-0.2, -0.15) is 0 Å². The molecule has 30 heavy (non-hydrogen) atoms. The van der Waals surface area contributed by atoms with Crippen molar-refractivity contribution >= 4 is 11.9 Å². The van der Waals surface area contributed by atoms with Gasteiger partial charge < -0.3 is 16.0 Å². The largest absolute Gasteiger partial charge is 0.357 e. The van der Waals surface area contributed by atoms with Crippen LogP contribution in [0.5, 0.6) is 0 Å². The first-order valence-electron chi connectivity index (χ1n) is 11.4. The predicted octanol–water partition coefficient (Wildman–Crippen LogP) is 3.42. The molecule has 1 aromatic rings. The van der Waals surface area contributed by atoms with E-state index in [1.165, 1.54) is 43.2 Å². The standard InChI is InChI=1S/C24H41N5O/c1-6-25-23(27-17-22(30)28-24(2,3)4)26-16-19-12-10-11-13-20(19)18-29(5)21-14-8-7-9-15-21/h10-13,21H,6-9,14-18H2,1-5H3,(H,28,30)(H2,25,26,27). The number of carbonyl (C=O) groups excluding carboxylic acids is 1. The lowest BCUT2D eigenvalue weighted by Gasteiger charge is -2.31. The Morgan fingerprint density at radius 1 is 1.10 bits per heavy atom. The number of nitrogens with zero attached hydrogens (tertiary/aromatic N) is 2. The fraction of sp³-hybridized carbons (Fsp3) is 0.667. The molecule has 2 rings (SSSR count). The van der Waals surface area contributed by atoms with Gasteiger partial charge in [0.05, 0.1) is 13.1 Å². The van der Waals surface area contributed by atoms with Crippen molar-refractivity contribution in [2.24, 2.45) is 4.99 Å². The highest BCUT2D eigenvalue weighted by atomic mass is 16.2. The summed E-state index contributed by atoms with van der Waals surface area (Å²) in [5, 5.41) is 9.34. The van der Waals surface area contributed by atoms with Gasteiger partial charge in [-0.25, -0.2) is 4.99 Å². The Morgan fingerprint density at radius 3 is 2.40 bits per heavy atom. The Labute approximate surface area is 182 Å². The topological polar surface area (TPSA) is 68.8 Å². The van der Waals surface area contributed by atoms with Gasteiger partial charge in [-0.05, 0) is 58.7 Å². The van der Waals surface area contributed by atoms with E-state index in [1.54, 1.807) is 0 Å². The number of hydrogen-bond acceptors (Lipinski definition) is 3. The van der Waals surface area contributed by atoms with Gasteiger partial charge >= 0.3 is 0 Å². The summed E-state index contributed by atoms with van der Waals surface area (Å²) in [7, 11) is 2.25. The molecule has 168 valence electrons. The molecule has 6 nitrogen and oxygen atoms in total. The van der Waals surface area contributed by atoms with Gasteiger partial charge in [0.15, 0.2) is 5.96 Å². The molecule has 0 unspecified atom stereocenters. The van der Waals surface area contributed by atoms with Crippen molar-refractivity contribution in [3.8, 4) is 0 Å². The molecule has 0 saturated heterocycles. The number of amides is 1. The minimum absolute atomic E-state index is 0.0393. The van der Waals surface area contributed by atoms with Crippen LogP contribution in [-0.4, -0.2) is 48.5 Å². The number of hydrogen-bond donors (Lipinski definition) is 3. The van der Waals surface area contributed by atoms with E-state index in [-0.39, 0.29) is 18.0 Å². The number of aliphatic imine (C=N–C) groups is 1. The zero-order chi connectivity index (χ0) is 22.0. The van der Waals surface area contributed by atoms with Crippen LogP contribution < -0.4 is 16.0 Å². The molecule has 0 atom stereocenters. The lowest BCUT2D eigenvalue weighted by atomic mass is 9.94. The molecule has 6 heteroatoms. The van der Waals surface area contributed by atoms with Gasteiger partial charge in [0, 0.05) is 24.7 Å². The average Bonchev–Trinajstić information content (AvgIpc) is 2.70. The Hall–Kier alpha value is -2.08. The number of nitrogens with one attached hydrogen (secondary N) is 3. The summed E-state index contributed by atoms with van der Waals surface area (Å²) >= 11 is 0. The molecule has 0 aliphatic heterocycles. The summed E-state index contributed by atoms with van der Waals surface area (Å²) < 4.78 is 0. The molecule has 3 N–H and O–H groups in total. The zero-order valence-corrected chi connectivity index (χ0v) is 19.6. The minimum Gasteiger partial charge on any atom is -0.357 e. The summed E-state index contributed by atoms with van der Waals surface area (Å²) in [6, 6.07) is 9.24. The average molecular weight is 416 g/mol. The summed E-state index contributed by atoms with van der Waals surface area (Å²) in [4.78, 5) is 19.3. The van der Waals surface area contributed by atoms with Gasteiger partial charge in [0.1, 0.15) is 0 Å². The second kappa shape index (κ2) is 11.9. The molecule has 1 fully saturated rings. The van der Waals surface area contributed by atoms with Crippen LogP contribution in [0.15, 0.2) is 29.3 Å². The smallest absolute Gasteiger partial charge is 0.239 e. The number of benzene rings is 1. The van der Waals surface area contributed by atoms with Crippen LogP contribution in [0.1, 0.15) is 70.9 Å². The van der Waals surface area contributed by atoms with Crippen LogP contribution in [0, 0.1) is 0 Å². The van der Waals surface area contributed by atoms with Crippen molar-refractivity contribution < 1.29 is 4.79 Å². The first kappa shape index (κ1) is 24.2. The van der Waals surface area contributed by atoms with Crippen LogP contribution in [0.4, 0.5) is 0 Å². The highest BCUT2D eigenvalue weighted by molar-refractivity contribution is 5.86. The molecule has 1 aliphatic rings. The predicted molar refractivity (Wildman–Crippen MR) is 125 cm³/mol. The van der Waals surface area contributed by atoms with Crippen molar-refractivity contribution in [1.29, 1.82) is 0 Å². The van der Waals surface area contributed by atoms with Crippen molar-refractivity contribution in [3.63, 3.8) is 0 Å². The van der Waals surface area contributed by atoms with E-state index in [9.17, 15) is 4.79 Å². The highest BCUT2D eigenvalue weighted by Crippen LogP contribution is 2.23. The molecule has 0 bridgehead atoms. The third-order valence-electron chi connectivity index (χ3n) is 5.42. The Morgan fingerprint density at radius 2 is 1.77 bits per heavy atom. The fourth-order valence-electron chi connectivity index (χ4n) is 3.92. The van der Waals surface area contributed by atoms with Crippen LogP contribution in [0.2, 0.25) is 0 Å². The third-order valence-corrected chi connectivity index (χ3v) is 5.42. The normalized spacial score (nSPS) is 15.9. The third kappa shape index (κ3) is 8.74. The quantitative estimate of drug-likeness (QED) is 0.449. The first-order valence-corrected chi connectivity index (χ1v) is 11.4. The van der Waals surface area contributed by atoms with E-state index in [4.69, 9.17) is 4.99 Å². The molecule has 1 amide bonds. The molecule has 0 aromatic heterocycles. The molecule has 0 heterocycles. The van der Waals surface area contributed by atoms with E-state index in [0.29, 0.717) is 18.5 Å². The summed E-state index contributed by atoms with van der Waals surface area (Å²) in [6.07, 6.45) is 6.69. The number of guanidine groups is 1. The van der Waals surface area contributed by atoms with Gasteiger partial charge in [-0.3, -0.25) is 9.69 Å². The second-order valence-electron chi connectivity index (χ2n) is 9.32. The molecule has 0 radical (unpaired) electrons. The Bertz CT molecular complexity index is 689. The fourth-order valence-corrected chi connectivity index (χ4v) is 3.92. The first-order chi connectivity index (χ1) is 14.3. The molecule has 1 aromatic carbocycles. The lowest BCUT2D eigenvalue weighted by molar-refractivity contribution is -0.121. The van der Waals surface area contributed by atoms with Crippen LogP contribution in [0.25, 0.3) is 0 Å². The van der Waals surface area contributed by atoms with Gasteiger partial charge in [0.2, 0.25) is 5.91 Å². The van der Waals surface area contributed by atoms with Gasteiger partial charge in [-0.15, -0.1) is 0 Å². The monoisotopic (exact) mass is 415 g/mol. The van der Waals surface area contributed by atoms with E-state index in [2.05, 4.69) is 52.2 Å². The number of carbonyl (C=O) groups is 1. The summed E-state index contributed by atoms with van der Waals surface area (Å²) in [5.41, 5.74) is 2.32. The zero-order valence-electron chi connectivity index (χ0n) is 19.6. The maximum absolute atomic E-state index is 12.1. The number of rotatable bonds is 8. The van der Waals surface area contributed by atoms with Crippen molar-refractivity contribution in [1.82, 2.24) is 20.9 Å². The van der Waals surface area contributed by atoms with E-state index < -0.39 is 0 Å². The summed E-state index contributed by atoms with van der Waals surface area (Å²) in [6.45, 7) is 10.5. The molecular weight excluding hydrogens is 374 g/mol. The minimum atomic E-state index is -0.239. The van der Waals surface area contributed by atoms with Crippen LogP contribution in [0.3, 0.4) is 0 Å². The molecule has 1 saturated carbocycles. The van der Waals surface area contributed by atoms with Crippen LogP contribution >= 0.6 is 0 Å². The SMILES string of the molecule is CCNC(=NCc1ccccc1CN(C)C1CCCCC1)NCC(=O)NC(C)(C)C.